The fraction of sp³-hybridized carbons (Fsp3) is 1.00. The molecular weight excluding hydrogens is 130 g/mol. The van der Waals surface area contributed by atoms with Crippen molar-refractivity contribution in [1.29, 1.82) is 0 Å². The van der Waals surface area contributed by atoms with E-state index >= 15 is 0 Å². The van der Waals surface area contributed by atoms with Gasteiger partial charge in [-0.3, -0.25) is 0 Å². The summed E-state index contributed by atoms with van der Waals surface area (Å²) < 4.78 is 5.27. The van der Waals surface area contributed by atoms with Gasteiger partial charge in [0.15, 0.2) is 0 Å². The molecule has 0 aliphatic carbocycles. The molecule has 1 saturated heterocycles. The molecule has 0 unspecified atom stereocenters. The van der Waals surface area contributed by atoms with E-state index in [0.717, 1.165) is 6.61 Å². The number of rotatable bonds is 1. The van der Waals surface area contributed by atoms with Gasteiger partial charge in [0.1, 0.15) is 0 Å². The molecule has 0 amide bonds. The Labute approximate surface area is 61.4 Å². The highest BCUT2D eigenvalue weighted by Crippen LogP contribution is 2.09. The Morgan fingerprint density at radius 2 is 2.40 bits per heavy atom. The van der Waals surface area contributed by atoms with Crippen LogP contribution in [0.25, 0.3) is 0 Å². The summed E-state index contributed by atoms with van der Waals surface area (Å²) in [6.07, 6.45) is 0. The largest absolute Gasteiger partial charge is 0.395 e. The molecule has 1 fully saturated rings. The predicted molar refractivity (Wildman–Crippen MR) is 38.9 cm³/mol. The van der Waals surface area contributed by atoms with Gasteiger partial charge in [-0.1, -0.05) is 0 Å². The Bertz CT molecular complexity index is 114. The van der Waals surface area contributed by atoms with Crippen LogP contribution in [-0.2, 0) is 4.74 Å². The second-order valence-electron chi connectivity index (χ2n) is 3.42. The molecule has 60 valence electrons. The van der Waals surface area contributed by atoms with Crippen molar-refractivity contribution in [2.24, 2.45) is 0 Å². The van der Waals surface area contributed by atoms with Gasteiger partial charge in [-0.15, -0.1) is 0 Å². The third-order valence-electron chi connectivity index (χ3n) is 1.60. The smallest absolute Gasteiger partial charge is 0.0643 e. The molecule has 1 aliphatic heterocycles. The minimum atomic E-state index is 0.0195. The van der Waals surface area contributed by atoms with E-state index in [1.165, 1.54) is 0 Å². The number of nitrogens with one attached hydrogen (secondary N) is 1. The number of ether oxygens (including phenoxy) is 1. The van der Waals surface area contributed by atoms with Gasteiger partial charge < -0.3 is 15.2 Å². The van der Waals surface area contributed by atoms with Crippen LogP contribution in [0.15, 0.2) is 0 Å². The maximum Gasteiger partial charge on any atom is 0.0643 e. The van der Waals surface area contributed by atoms with E-state index in [9.17, 15) is 0 Å². The molecule has 0 radical (unpaired) electrons. The lowest BCUT2D eigenvalue weighted by atomic mass is 10.0. The van der Waals surface area contributed by atoms with Gasteiger partial charge in [0, 0.05) is 5.54 Å². The van der Waals surface area contributed by atoms with Crippen LogP contribution in [0.2, 0.25) is 0 Å². The molecule has 3 nitrogen and oxygen atoms in total. The quantitative estimate of drug-likeness (QED) is 0.534. The first-order chi connectivity index (χ1) is 4.64. The first kappa shape index (κ1) is 7.98. The fourth-order valence-corrected chi connectivity index (χ4v) is 1.19. The predicted octanol–water partition coefficient (Wildman–Crippen LogP) is -0.254. The van der Waals surface area contributed by atoms with Gasteiger partial charge in [0.2, 0.25) is 0 Å². The van der Waals surface area contributed by atoms with E-state index in [1.54, 1.807) is 0 Å². The first-order valence-electron chi connectivity index (χ1n) is 3.60. The van der Waals surface area contributed by atoms with E-state index in [0.29, 0.717) is 6.61 Å². The number of aliphatic hydroxyl groups excluding tert-OH is 1. The van der Waals surface area contributed by atoms with Crippen molar-refractivity contribution in [3.63, 3.8) is 0 Å². The van der Waals surface area contributed by atoms with Crippen molar-refractivity contribution in [1.82, 2.24) is 5.32 Å². The van der Waals surface area contributed by atoms with Crippen LogP contribution < -0.4 is 5.32 Å². The number of hydrogen-bond donors (Lipinski definition) is 2. The Morgan fingerprint density at radius 1 is 1.70 bits per heavy atom. The normalized spacial score (nSPS) is 32.1. The van der Waals surface area contributed by atoms with Crippen LogP contribution in [0, 0.1) is 0 Å². The summed E-state index contributed by atoms with van der Waals surface area (Å²) in [6.45, 7) is 5.64. The third-order valence-corrected chi connectivity index (χ3v) is 1.60. The Balaban J connectivity index is 2.40. The van der Waals surface area contributed by atoms with Crippen LogP contribution in [-0.4, -0.2) is 36.5 Å². The standard InChI is InChI=1S/C7H15NO2/c1-7(2)5-10-4-6(3-9)8-7/h6,8-9H,3-5H2,1-2H3/t6-/m1/s1. The number of aliphatic hydroxyl groups is 1. The van der Waals surface area contributed by atoms with E-state index in [1.807, 2.05) is 0 Å². The molecule has 0 aromatic rings. The second-order valence-corrected chi connectivity index (χ2v) is 3.42. The number of hydrogen-bond acceptors (Lipinski definition) is 3. The average molecular weight is 145 g/mol. The molecule has 10 heavy (non-hydrogen) atoms. The summed E-state index contributed by atoms with van der Waals surface area (Å²) in [7, 11) is 0. The lowest BCUT2D eigenvalue weighted by Crippen LogP contribution is -2.56. The van der Waals surface area contributed by atoms with Crippen molar-refractivity contribution in [3.05, 3.63) is 0 Å². The van der Waals surface area contributed by atoms with Gasteiger partial charge in [-0.25, -0.2) is 0 Å². The molecule has 0 saturated carbocycles. The van der Waals surface area contributed by atoms with E-state index in [2.05, 4.69) is 19.2 Å². The SMILES string of the molecule is CC1(C)COC[C@@H](CO)N1. The molecule has 0 spiro atoms. The van der Waals surface area contributed by atoms with Crippen LogP contribution >= 0.6 is 0 Å². The van der Waals surface area contributed by atoms with Crippen LogP contribution in [0.3, 0.4) is 0 Å². The van der Waals surface area contributed by atoms with Crippen LogP contribution in [0.4, 0.5) is 0 Å². The maximum atomic E-state index is 8.78. The second kappa shape index (κ2) is 2.86. The molecule has 0 aromatic carbocycles. The molecule has 3 heteroatoms. The van der Waals surface area contributed by atoms with Gasteiger partial charge >= 0.3 is 0 Å². The minimum Gasteiger partial charge on any atom is -0.395 e. The van der Waals surface area contributed by atoms with E-state index in [-0.39, 0.29) is 18.2 Å². The van der Waals surface area contributed by atoms with Gasteiger partial charge in [0.05, 0.1) is 25.9 Å². The van der Waals surface area contributed by atoms with E-state index < -0.39 is 0 Å². The molecule has 1 aliphatic rings. The van der Waals surface area contributed by atoms with Gasteiger partial charge in [-0.2, -0.15) is 0 Å². The molecule has 0 aromatic heterocycles. The summed E-state index contributed by atoms with van der Waals surface area (Å²) in [6, 6.07) is 0.115. The zero-order valence-corrected chi connectivity index (χ0v) is 6.55. The Hall–Kier alpha value is -0.120. The molecular formula is C7H15NO2. The molecule has 2 N–H and O–H groups in total. The fourth-order valence-electron chi connectivity index (χ4n) is 1.19. The third kappa shape index (κ3) is 1.94. The zero-order valence-electron chi connectivity index (χ0n) is 6.55. The number of morpholine rings is 1. The zero-order chi connectivity index (χ0) is 7.61. The van der Waals surface area contributed by atoms with Gasteiger partial charge in [-0.05, 0) is 13.8 Å². The molecule has 1 heterocycles. The highest BCUT2D eigenvalue weighted by Gasteiger charge is 2.26. The lowest BCUT2D eigenvalue weighted by Gasteiger charge is -2.36. The van der Waals surface area contributed by atoms with Crippen molar-refractivity contribution in [2.75, 3.05) is 19.8 Å². The van der Waals surface area contributed by atoms with Crippen LogP contribution in [0.1, 0.15) is 13.8 Å². The summed E-state index contributed by atoms with van der Waals surface area (Å²) in [5, 5.41) is 12.0. The molecule has 0 bridgehead atoms. The first-order valence-corrected chi connectivity index (χ1v) is 3.60. The molecule has 1 rings (SSSR count). The van der Waals surface area contributed by atoms with Crippen molar-refractivity contribution in [2.45, 2.75) is 25.4 Å². The Kier molecular flexibility index (Phi) is 2.28. The molecule has 1 atom stereocenters. The summed E-state index contributed by atoms with van der Waals surface area (Å²) in [5.74, 6) is 0. The van der Waals surface area contributed by atoms with E-state index in [4.69, 9.17) is 9.84 Å². The van der Waals surface area contributed by atoms with Crippen molar-refractivity contribution in [3.8, 4) is 0 Å². The highest BCUT2D eigenvalue weighted by molar-refractivity contribution is 4.85. The van der Waals surface area contributed by atoms with Crippen molar-refractivity contribution < 1.29 is 9.84 Å². The Morgan fingerprint density at radius 3 is 2.80 bits per heavy atom. The minimum absolute atomic E-state index is 0.0195. The monoisotopic (exact) mass is 145 g/mol. The maximum absolute atomic E-state index is 8.78. The summed E-state index contributed by atoms with van der Waals surface area (Å²) >= 11 is 0. The lowest BCUT2D eigenvalue weighted by molar-refractivity contribution is -0.00214. The van der Waals surface area contributed by atoms with Gasteiger partial charge in [0.25, 0.3) is 0 Å². The highest BCUT2D eigenvalue weighted by atomic mass is 16.5. The summed E-state index contributed by atoms with van der Waals surface area (Å²) in [4.78, 5) is 0. The summed E-state index contributed by atoms with van der Waals surface area (Å²) in [5.41, 5.74) is 0.0195. The van der Waals surface area contributed by atoms with Crippen molar-refractivity contribution >= 4 is 0 Å². The van der Waals surface area contributed by atoms with Crippen LogP contribution in [0.5, 0.6) is 0 Å². The average Bonchev–Trinajstić information content (AvgIpc) is 1.86. The topological polar surface area (TPSA) is 41.5 Å².